The number of H-pyrrole nitrogens is 1. The average Bonchev–Trinajstić information content (AvgIpc) is 3.47. The number of halogens is 2. The van der Waals surface area contributed by atoms with Crippen LogP contribution in [0, 0.1) is 23.1 Å². The molecular weight excluding hydrogens is 539 g/mol. The maximum absolute atomic E-state index is 14.4. The molecule has 2 heterocycles. The number of rotatable bonds is 14. The molecule has 40 heavy (non-hydrogen) atoms. The number of nitrogens with one attached hydrogen (secondary N) is 1. The van der Waals surface area contributed by atoms with Crippen molar-refractivity contribution < 1.29 is 28.9 Å². The van der Waals surface area contributed by atoms with Gasteiger partial charge in [-0.3, -0.25) is 9.59 Å². The summed E-state index contributed by atoms with van der Waals surface area (Å²) in [7, 11) is 0. The zero-order valence-corrected chi connectivity index (χ0v) is 23.1. The predicted octanol–water partition coefficient (Wildman–Crippen LogP) is 3.55. The van der Waals surface area contributed by atoms with Gasteiger partial charge in [-0.2, -0.15) is 15.4 Å². The number of Topliss-reactive ketones (excluding diaryl/α,β-unsaturated/α-hetero) is 1. The molecule has 11 heteroatoms. The Balaban J connectivity index is 1.52. The number of aliphatic hydroxyl groups excluding tert-OH is 2. The molecule has 1 saturated heterocycles. The number of hydrogen-bond donors (Lipinski definition) is 3. The number of aromatic amines is 1. The molecule has 1 aliphatic heterocycles. The molecule has 9 nitrogen and oxygen atoms in total. The van der Waals surface area contributed by atoms with Gasteiger partial charge in [0.15, 0.2) is 5.78 Å². The maximum atomic E-state index is 14.4. The number of carbonyl (C=O) groups is 2. The molecular formula is C29H34ClFN4O5. The van der Waals surface area contributed by atoms with Crippen LogP contribution in [0.15, 0.2) is 48.7 Å². The molecule has 0 bridgehead atoms. The molecule has 1 aliphatic rings. The van der Waals surface area contributed by atoms with Crippen LogP contribution in [-0.2, 0) is 16.0 Å². The lowest BCUT2D eigenvalue weighted by molar-refractivity contribution is -0.152. The summed E-state index contributed by atoms with van der Waals surface area (Å²) in [5.41, 5.74) is 1.66. The van der Waals surface area contributed by atoms with Gasteiger partial charge in [0.25, 0.3) is 0 Å². The van der Waals surface area contributed by atoms with Gasteiger partial charge in [0.1, 0.15) is 11.5 Å². The summed E-state index contributed by atoms with van der Waals surface area (Å²) < 4.78 is 19.7. The van der Waals surface area contributed by atoms with E-state index < -0.39 is 11.3 Å². The van der Waals surface area contributed by atoms with Crippen molar-refractivity contribution in [3.05, 3.63) is 70.8 Å². The van der Waals surface area contributed by atoms with E-state index >= 15 is 0 Å². The van der Waals surface area contributed by atoms with Gasteiger partial charge in [-0.15, -0.1) is 0 Å². The Labute approximate surface area is 237 Å². The Morgan fingerprint density at radius 1 is 1.18 bits per heavy atom. The average molecular weight is 573 g/mol. The van der Waals surface area contributed by atoms with Gasteiger partial charge < -0.3 is 19.8 Å². The Morgan fingerprint density at radius 2 is 1.90 bits per heavy atom. The van der Waals surface area contributed by atoms with Crippen molar-refractivity contribution in [3.8, 4) is 11.1 Å². The highest BCUT2D eigenvalue weighted by atomic mass is 35.5. The molecule has 0 unspecified atom stereocenters. The van der Waals surface area contributed by atoms with Crippen LogP contribution in [0.3, 0.4) is 0 Å². The van der Waals surface area contributed by atoms with Crippen molar-refractivity contribution in [1.29, 1.82) is 0 Å². The number of carbonyl (C=O) groups excluding carboxylic acids is 2. The molecule has 0 saturated carbocycles. The Bertz CT molecular complexity index is 1280. The third-order valence-corrected chi connectivity index (χ3v) is 7.63. The van der Waals surface area contributed by atoms with Crippen LogP contribution in [0.25, 0.3) is 11.1 Å². The third kappa shape index (κ3) is 7.31. The van der Waals surface area contributed by atoms with Gasteiger partial charge in [0.05, 0.1) is 31.9 Å². The van der Waals surface area contributed by atoms with E-state index in [1.54, 1.807) is 13.0 Å². The highest BCUT2D eigenvalue weighted by Gasteiger charge is 2.43. The summed E-state index contributed by atoms with van der Waals surface area (Å²) in [5.74, 6) is -1.65. The van der Waals surface area contributed by atoms with Crippen LogP contribution >= 0.6 is 11.6 Å². The van der Waals surface area contributed by atoms with E-state index in [0.717, 1.165) is 5.56 Å². The summed E-state index contributed by atoms with van der Waals surface area (Å²) in [6, 6.07) is 11.8. The first-order chi connectivity index (χ1) is 19.3. The van der Waals surface area contributed by atoms with Crippen molar-refractivity contribution >= 4 is 23.4 Å². The zero-order chi connectivity index (χ0) is 28.7. The van der Waals surface area contributed by atoms with Crippen LogP contribution in [0.1, 0.15) is 35.8 Å². The standard InChI is InChI=1S/C29H34ClFN4O5/c1-2-40-28(39)22(14-35-15-29(16-35,17-36)18-37)10-20(11-27(38)26-13-32-34-33-26)9-19-3-5-21(6-4-19)24-12-23(30)7-8-25(24)31/h3-8,12-13,20,22,36-37H,2,9-11,14-18H2,1H3,(H,32,33,34)/t20-,22+/m1/s1. The van der Waals surface area contributed by atoms with Gasteiger partial charge in [-0.1, -0.05) is 35.9 Å². The summed E-state index contributed by atoms with van der Waals surface area (Å²) in [6.45, 7) is 3.05. The van der Waals surface area contributed by atoms with E-state index in [4.69, 9.17) is 16.3 Å². The fourth-order valence-electron chi connectivity index (χ4n) is 5.31. The topological polar surface area (TPSA) is 129 Å². The molecule has 2 atom stereocenters. The van der Waals surface area contributed by atoms with E-state index in [-0.39, 0.29) is 55.4 Å². The molecule has 0 radical (unpaired) electrons. The van der Waals surface area contributed by atoms with Crippen LogP contribution in [0.2, 0.25) is 5.02 Å². The van der Waals surface area contributed by atoms with E-state index in [9.17, 15) is 24.2 Å². The van der Waals surface area contributed by atoms with Crippen molar-refractivity contribution in [3.63, 3.8) is 0 Å². The molecule has 0 spiro atoms. The number of benzene rings is 2. The molecule has 1 fully saturated rings. The van der Waals surface area contributed by atoms with Crippen molar-refractivity contribution in [2.75, 3.05) is 39.5 Å². The van der Waals surface area contributed by atoms with E-state index in [1.807, 2.05) is 29.2 Å². The number of ether oxygens (including phenoxy) is 1. The first-order valence-corrected chi connectivity index (χ1v) is 13.7. The van der Waals surface area contributed by atoms with Gasteiger partial charge in [-0.25, -0.2) is 4.39 Å². The molecule has 3 aromatic rings. The number of aliphatic hydroxyl groups is 2. The van der Waals surface area contributed by atoms with Crippen LogP contribution in [0.4, 0.5) is 4.39 Å². The first-order valence-electron chi connectivity index (χ1n) is 13.3. The minimum absolute atomic E-state index is 0.131. The number of likely N-dealkylation sites (tertiary alicyclic amines) is 1. The summed E-state index contributed by atoms with van der Waals surface area (Å²) in [6.07, 6.45) is 2.40. The fraction of sp³-hybridized carbons (Fsp3) is 0.448. The Morgan fingerprint density at radius 3 is 2.52 bits per heavy atom. The highest BCUT2D eigenvalue weighted by Crippen LogP contribution is 2.33. The van der Waals surface area contributed by atoms with Crippen LogP contribution < -0.4 is 0 Å². The lowest BCUT2D eigenvalue weighted by atomic mass is 9.79. The van der Waals surface area contributed by atoms with Crippen LogP contribution in [-0.4, -0.2) is 81.7 Å². The molecule has 0 amide bonds. The van der Waals surface area contributed by atoms with Crippen molar-refractivity contribution in [2.45, 2.75) is 26.2 Å². The quantitative estimate of drug-likeness (QED) is 0.198. The zero-order valence-electron chi connectivity index (χ0n) is 22.4. The Kier molecular flexibility index (Phi) is 10.0. The van der Waals surface area contributed by atoms with E-state index in [2.05, 4.69) is 15.4 Å². The predicted molar refractivity (Wildman–Crippen MR) is 147 cm³/mol. The smallest absolute Gasteiger partial charge is 0.310 e. The van der Waals surface area contributed by atoms with Gasteiger partial charge in [0.2, 0.25) is 0 Å². The van der Waals surface area contributed by atoms with Crippen LogP contribution in [0.5, 0.6) is 0 Å². The number of esters is 1. The molecule has 4 rings (SSSR count). The second-order valence-corrected chi connectivity index (χ2v) is 11.0. The number of hydrogen-bond acceptors (Lipinski definition) is 8. The fourth-order valence-corrected chi connectivity index (χ4v) is 5.49. The van der Waals surface area contributed by atoms with Gasteiger partial charge >= 0.3 is 5.97 Å². The minimum Gasteiger partial charge on any atom is -0.466 e. The monoisotopic (exact) mass is 572 g/mol. The van der Waals surface area contributed by atoms with Crippen molar-refractivity contribution in [2.24, 2.45) is 17.3 Å². The highest BCUT2D eigenvalue weighted by molar-refractivity contribution is 6.30. The third-order valence-electron chi connectivity index (χ3n) is 7.40. The summed E-state index contributed by atoms with van der Waals surface area (Å²) in [4.78, 5) is 28.0. The molecule has 0 aliphatic carbocycles. The summed E-state index contributed by atoms with van der Waals surface area (Å²) in [5, 5.41) is 29.8. The lowest BCUT2D eigenvalue weighted by Gasteiger charge is -2.49. The minimum atomic E-state index is -0.564. The maximum Gasteiger partial charge on any atom is 0.310 e. The first kappa shape index (κ1) is 29.8. The second-order valence-electron chi connectivity index (χ2n) is 10.5. The SMILES string of the molecule is CCOC(=O)[C@@H](C[C@H](CC(=O)c1cn[nH]n1)Cc1ccc(-c2cc(Cl)ccc2F)cc1)CN1CC(CO)(CO)C1. The molecule has 2 aromatic carbocycles. The van der Waals surface area contributed by atoms with Crippen molar-refractivity contribution in [1.82, 2.24) is 20.3 Å². The number of ketones is 1. The number of aromatic nitrogens is 3. The van der Waals surface area contributed by atoms with E-state index in [0.29, 0.717) is 48.6 Å². The molecule has 1 aromatic heterocycles. The summed E-state index contributed by atoms with van der Waals surface area (Å²) >= 11 is 6.06. The molecule has 214 valence electrons. The Hall–Kier alpha value is -3.18. The second kappa shape index (κ2) is 13.5. The van der Waals surface area contributed by atoms with Gasteiger partial charge in [0, 0.05) is 42.1 Å². The lowest BCUT2D eigenvalue weighted by Crippen LogP contribution is -2.61. The normalized spacial score (nSPS) is 16.2. The van der Waals surface area contributed by atoms with E-state index in [1.165, 1.54) is 18.3 Å². The largest absolute Gasteiger partial charge is 0.466 e. The van der Waals surface area contributed by atoms with Gasteiger partial charge in [-0.05, 0) is 55.0 Å². The number of nitrogens with zero attached hydrogens (tertiary/aromatic N) is 3. The molecule has 3 N–H and O–H groups in total.